The van der Waals surface area contributed by atoms with E-state index >= 15 is 0 Å². The average molecular weight is 620 g/mol. The number of aromatic amines is 1. The number of tetrazole rings is 1. The zero-order valence-corrected chi connectivity index (χ0v) is 26.5. The lowest BCUT2D eigenvalue weighted by atomic mass is 10.1. The summed E-state index contributed by atoms with van der Waals surface area (Å²) in [5.74, 6) is 1.74. The van der Waals surface area contributed by atoms with E-state index in [1.807, 2.05) is 30.5 Å². The van der Waals surface area contributed by atoms with Crippen molar-refractivity contribution in [3.05, 3.63) is 76.6 Å². The van der Waals surface area contributed by atoms with Gasteiger partial charge < -0.3 is 14.0 Å². The molecule has 0 unspecified atom stereocenters. The molecule has 0 bridgehead atoms. The van der Waals surface area contributed by atoms with E-state index in [0.29, 0.717) is 34.4 Å². The maximum absolute atomic E-state index is 14.3. The fourth-order valence-electron chi connectivity index (χ4n) is 5.72. The third kappa shape index (κ3) is 6.16. The van der Waals surface area contributed by atoms with Gasteiger partial charge in [0.1, 0.15) is 23.4 Å². The standard InChI is InChI=1S/C29H31ClFN9O2Si/c30-19-5-4-18(22(31)13-19)12-20-2-1-3-27(33-20)42-21-6-9-39(10-7-21)16-26-34-23-14-24(28-35-37-38-36-28)32-15-25(23)40(26)17-29(43)8-11-41-29/h1-5,13-15,21H,6-12,16-17H2,43H3,(H,35,36,37,38)/t29-/m1/s1. The number of piperidine rings is 1. The van der Waals surface area contributed by atoms with E-state index < -0.39 is 0 Å². The summed E-state index contributed by atoms with van der Waals surface area (Å²) >= 11 is 5.90. The first kappa shape index (κ1) is 28.0. The van der Waals surface area contributed by atoms with Gasteiger partial charge in [-0.2, -0.15) is 0 Å². The number of hydrogen-bond donors (Lipinski definition) is 1. The molecule has 1 atom stereocenters. The predicted molar refractivity (Wildman–Crippen MR) is 161 cm³/mol. The molecule has 6 heterocycles. The number of nitrogens with zero attached hydrogens (tertiary/aromatic N) is 8. The van der Waals surface area contributed by atoms with Crippen LogP contribution in [0.4, 0.5) is 4.39 Å². The Morgan fingerprint density at radius 1 is 1.16 bits per heavy atom. The Morgan fingerprint density at radius 2 is 2.02 bits per heavy atom. The normalized spacial score (nSPS) is 19.6. The number of pyridine rings is 2. The Hall–Kier alpha value is -3.78. The Labute approximate surface area is 255 Å². The monoisotopic (exact) mass is 619 g/mol. The summed E-state index contributed by atoms with van der Waals surface area (Å²) in [4.78, 5) is 16.7. The number of fused-ring (bicyclic) bond motifs is 1. The van der Waals surface area contributed by atoms with Crippen LogP contribution < -0.4 is 4.74 Å². The fourth-order valence-corrected chi connectivity index (χ4v) is 6.60. The SMILES string of the molecule is Fc1cc(Cl)ccc1Cc1cccc(OC2CCN(Cc3nc4cc(-c5nnn[nH]5)ncc4n3C[C@]3([SiH3])CCO3)CC2)n1. The number of H-pyrrole nitrogens is 1. The Kier molecular flexibility index (Phi) is 7.63. The van der Waals surface area contributed by atoms with Crippen molar-refractivity contribution < 1.29 is 13.9 Å². The van der Waals surface area contributed by atoms with Crippen LogP contribution in [-0.2, 0) is 24.2 Å². The molecule has 0 radical (unpaired) electrons. The fraction of sp³-hybridized carbons (Fsp3) is 0.379. The highest BCUT2D eigenvalue weighted by molar-refractivity contribution is 6.30. The third-order valence-electron chi connectivity index (χ3n) is 8.23. The van der Waals surface area contributed by atoms with Gasteiger partial charge in [0.15, 0.2) is 5.82 Å². The number of imidazole rings is 1. The molecule has 4 aromatic heterocycles. The second kappa shape index (κ2) is 11.7. The molecule has 5 aromatic rings. The summed E-state index contributed by atoms with van der Waals surface area (Å²) in [5, 5.41) is 14.4. The van der Waals surface area contributed by atoms with Crippen LogP contribution in [0.15, 0.2) is 48.7 Å². The van der Waals surface area contributed by atoms with E-state index in [1.165, 1.54) is 6.07 Å². The topological polar surface area (TPSA) is 120 Å². The summed E-state index contributed by atoms with van der Waals surface area (Å²) in [6.45, 7) is 4.06. The van der Waals surface area contributed by atoms with Crippen molar-refractivity contribution in [1.82, 2.24) is 45.0 Å². The van der Waals surface area contributed by atoms with Crippen molar-refractivity contribution in [2.24, 2.45) is 0 Å². The molecule has 0 amide bonds. The molecular formula is C29H31ClFN9O2Si. The minimum atomic E-state index is -0.332. The van der Waals surface area contributed by atoms with Gasteiger partial charge >= 0.3 is 0 Å². The van der Waals surface area contributed by atoms with Gasteiger partial charge in [-0.15, -0.1) is 5.10 Å². The van der Waals surface area contributed by atoms with E-state index in [4.69, 9.17) is 26.1 Å². The number of rotatable bonds is 9. The molecule has 7 rings (SSSR count). The number of nitrogens with one attached hydrogen (secondary N) is 1. The maximum atomic E-state index is 14.3. The molecule has 2 saturated heterocycles. The number of likely N-dealkylation sites (tertiary alicyclic amines) is 1. The zero-order valence-electron chi connectivity index (χ0n) is 23.7. The predicted octanol–water partition coefficient (Wildman–Crippen LogP) is 2.92. The summed E-state index contributed by atoms with van der Waals surface area (Å²) in [5.41, 5.74) is 3.81. The van der Waals surface area contributed by atoms with Crippen molar-refractivity contribution in [1.29, 1.82) is 0 Å². The summed E-state index contributed by atoms with van der Waals surface area (Å²) in [6.07, 6.45) is 5.10. The minimum Gasteiger partial charge on any atom is -0.474 e. The highest BCUT2D eigenvalue weighted by Gasteiger charge is 2.35. The molecule has 1 N–H and O–H groups in total. The van der Waals surface area contributed by atoms with Crippen LogP contribution in [0.2, 0.25) is 5.02 Å². The van der Waals surface area contributed by atoms with Crippen molar-refractivity contribution in [3.8, 4) is 17.4 Å². The minimum absolute atomic E-state index is 0.0562. The van der Waals surface area contributed by atoms with Crippen LogP contribution in [0, 0.1) is 5.82 Å². The van der Waals surface area contributed by atoms with Crippen LogP contribution in [-0.4, -0.2) is 86.3 Å². The second-order valence-corrected chi connectivity index (χ2v) is 13.7. The van der Waals surface area contributed by atoms with Gasteiger partial charge in [0.2, 0.25) is 5.88 Å². The first-order valence-corrected chi connectivity index (χ1v) is 15.8. The largest absolute Gasteiger partial charge is 0.474 e. The lowest BCUT2D eigenvalue weighted by Gasteiger charge is -2.40. The van der Waals surface area contributed by atoms with Gasteiger partial charge in [-0.05, 0) is 59.5 Å². The summed E-state index contributed by atoms with van der Waals surface area (Å²) in [7, 11) is 0.943. The Balaban J connectivity index is 1.02. The molecule has 0 aliphatic carbocycles. The number of benzene rings is 1. The van der Waals surface area contributed by atoms with Crippen molar-refractivity contribution in [2.75, 3.05) is 19.7 Å². The Bertz CT molecular complexity index is 1740. The molecule has 0 saturated carbocycles. The van der Waals surface area contributed by atoms with E-state index in [0.717, 1.165) is 84.8 Å². The molecule has 2 aliphatic rings. The van der Waals surface area contributed by atoms with Gasteiger partial charge in [0.05, 0.1) is 29.0 Å². The first-order chi connectivity index (χ1) is 20.9. The van der Waals surface area contributed by atoms with Crippen molar-refractivity contribution >= 4 is 32.9 Å². The number of aromatic nitrogens is 8. The Morgan fingerprint density at radius 3 is 2.77 bits per heavy atom. The van der Waals surface area contributed by atoms with Gasteiger partial charge in [0, 0.05) is 59.7 Å². The van der Waals surface area contributed by atoms with Crippen molar-refractivity contribution in [2.45, 2.75) is 50.1 Å². The number of halogens is 2. The van der Waals surface area contributed by atoms with Crippen LogP contribution in [0.5, 0.6) is 5.88 Å². The first-order valence-electron chi connectivity index (χ1n) is 14.4. The smallest absolute Gasteiger partial charge is 0.213 e. The maximum Gasteiger partial charge on any atom is 0.213 e. The lowest BCUT2D eigenvalue weighted by Crippen LogP contribution is -2.48. The molecule has 222 valence electrons. The van der Waals surface area contributed by atoms with Gasteiger partial charge in [-0.3, -0.25) is 9.88 Å². The molecule has 43 heavy (non-hydrogen) atoms. The molecule has 2 aliphatic heterocycles. The molecule has 11 nitrogen and oxygen atoms in total. The van der Waals surface area contributed by atoms with Gasteiger partial charge in [-0.1, -0.05) is 23.7 Å². The van der Waals surface area contributed by atoms with Crippen molar-refractivity contribution in [3.63, 3.8) is 0 Å². The second-order valence-electron chi connectivity index (χ2n) is 11.4. The number of ether oxygens (including phenoxy) is 2. The molecular weight excluding hydrogens is 589 g/mol. The molecule has 14 heteroatoms. The highest BCUT2D eigenvalue weighted by atomic mass is 35.5. The molecule has 0 spiro atoms. The van der Waals surface area contributed by atoms with Gasteiger partial charge in [0.25, 0.3) is 0 Å². The van der Waals surface area contributed by atoms with E-state index in [-0.39, 0.29) is 17.1 Å². The van der Waals surface area contributed by atoms with E-state index in [1.54, 1.807) is 12.1 Å². The average Bonchev–Trinajstić information content (AvgIpc) is 3.63. The van der Waals surface area contributed by atoms with Crippen LogP contribution >= 0.6 is 11.6 Å². The summed E-state index contributed by atoms with van der Waals surface area (Å²) in [6, 6.07) is 12.3. The summed E-state index contributed by atoms with van der Waals surface area (Å²) < 4.78 is 28.8. The molecule has 2 fully saturated rings. The quantitative estimate of drug-likeness (QED) is 0.248. The third-order valence-corrected chi connectivity index (χ3v) is 9.57. The zero-order chi connectivity index (χ0) is 29.4. The number of hydrogen-bond acceptors (Lipinski definition) is 9. The van der Waals surface area contributed by atoms with Crippen LogP contribution in [0.3, 0.4) is 0 Å². The van der Waals surface area contributed by atoms with Gasteiger partial charge in [-0.25, -0.2) is 19.5 Å². The lowest BCUT2D eigenvalue weighted by molar-refractivity contribution is -0.0947. The van der Waals surface area contributed by atoms with Crippen LogP contribution in [0.25, 0.3) is 22.6 Å². The van der Waals surface area contributed by atoms with Crippen LogP contribution in [0.1, 0.15) is 36.3 Å². The highest BCUT2D eigenvalue weighted by Crippen LogP contribution is 2.29. The molecule has 1 aromatic carbocycles. The van der Waals surface area contributed by atoms with E-state index in [9.17, 15) is 4.39 Å². The van der Waals surface area contributed by atoms with E-state index in [2.05, 4.69) is 40.1 Å².